The number of nitrogens with one attached hydrogen (secondary N) is 1. The molecule has 1 N–H and O–H groups in total. The first-order valence-corrected chi connectivity index (χ1v) is 6.02. The third-order valence-electron chi connectivity index (χ3n) is 2.46. The van der Waals surface area contributed by atoms with Crippen molar-refractivity contribution in [2.45, 2.75) is 0 Å². The molecule has 0 radical (unpaired) electrons. The third-order valence-corrected chi connectivity index (χ3v) is 2.46. The normalized spacial score (nSPS) is 10.9. The van der Waals surface area contributed by atoms with Gasteiger partial charge in [0.25, 0.3) is 0 Å². The first-order chi connectivity index (χ1) is 9.02. The van der Waals surface area contributed by atoms with Gasteiger partial charge < -0.3 is 24.3 Å². The minimum absolute atomic E-state index is 0.578. The predicted octanol–water partition coefficient (Wildman–Crippen LogP) is -1.02. The summed E-state index contributed by atoms with van der Waals surface area (Å²) in [6.45, 7) is 1.47. The summed E-state index contributed by atoms with van der Waals surface area (Å²) in [6.07, 6.45) is 2.43. The molecular formula is C14H19NO4. The molecule has 0 atom stereocenters. The summed E-state index contributed by atoms with van der Waals surface area (Å²) in [4.78, 5) is 11.6. The van der Waals surface area contributed by atoms with E-state index in [9.17, 15) is 9.90 Å². The Morgan fingerprint density at radius 3 is 2.68 bits per heavy atom. The molecule has 1 aromatic carbocycles. The first-order valence-electron chi connectivity index (χ1n) is 6.02. The van der Waals surface area contributed by atoms with Crippen LogP contribution in [0.25, 0.3) is 6.08 Å². The molecule has 1 aromatic rings. The monoisotopic (exact) mass is 265 g/mol. The highest BCUT2D eigenvalue weighted by atomic mass is 16.5. The Morgan fingerprint density at radius 1 is 1.37 bits per heavy atom. The van der Waals surface area contributed by atoms with Gasteiger partial charge >= 0.3 is 0 Å². The van der Waals surface area contributed by atoms with Crippen LogP contribution in [0.1, 0.15) is 5.56 Å². The fourth-order valence-electron chi connectivity index (χ4n) is 1.44. The molecular weight excluding hydrogens is 246 g/mol. The lowest BCUT2D eigenvalue weighted by atomic mass is 10.2. The van der Waals surface area contributed by atoms with Crippen LogP contribution in [0.15, 0.2) is 24.3 Å². The molecule has 0 aromatic heterocycles. The van der Waals surface area contributed by atoms with E-state index in [4.69, 9.17) is 9.47 Å². The second-order valence-corrected chi connectivity index (χ2v) is 4.37. The number of ether oxygens (including phenoxy) is 2. The van der Waals surface area contributed by atoms with E-state index >= 15 is 0 Å². The lowest BCUT2D eigenvalue weighted by Gasteiger charge is -2.12. The molecule has 0 saturated heterocycles. The Hall–Kier alpha value is -2.01. The van der Waals surface area contributed by atoms with Crippen LogP contribution in [0.4, 0.5) is 0 Å². The fraction of sp³-hybridized carbons (Fsp3) is 0.357. The van der Waals surface area contributed by atoms with Crippen molar-refractivity contribution in [2.75, 3.05) is 34.4 Å². The van der Waals surface area contributed by atoms with Crippen molar-refractivity contribution in [3.05, 3.63) is 29.8 Å². The number of carbonyl (C=O) groups is 1. The standard InChI is InChI=1S/C14H19NO4/c1-15(2)8-9-19-12-6-4-11(5-7-14(16)17)10-13(12)18-3/h4-7,10H,8-9H2,1-3H3,(H,16,17)/b7-5+. The van der Waals surface area contributed by atoms with Gasteiger partial charge in [0.1, 0.15) is 13.2 Å². The average Bonchev–Trinajstić information content (AvgIpc) is 2.36. The van der Waals surface area contributed by atoms with Crippen LogP contribution >= 0.6 is 0 Å². The van der Waals surface area contributed by atoms with Gasteiger partial charge in [-0.05, 0) is 23.8 Å². The number of carboxylic acid groups (broad SMARTS) is 1. The summed E-state index contributed by atoms with van der Waals surface area (Å²) in [6, 6.07) is 5.25. The van der Waals surface area contributed by atoms with E-state index in [2.05, 4.69) is 14.1 Å². The van der Waals surface area contributed by atoms with Crippen molar-refractivity contribution < 1.29 is 24.3 Å². The second-order valence-electron chi connectivity index (χ2n) is 4.37. The summed E-state index contributed by atoms with van der Waals surface area (Å²) in [7, 11) is 5.65. The van der Waals surface area contributed by atoms with Crippen LogP contribution in [0.2, 0.25) is 0 Å². The number of hydrogen-bond acceptors (Lipinski definition) is 4. The van der Waals surface area contributed by atoms with Crippen molar-refractivity contribution in [2.24, 2.45) is 0 Å². The van der Waals surface area contributed by atoms with Gasteiger partial charge in [-0.25, -0.2) is 0 Å². The topological polar surface area (TPSA) is 63.0 Å². The summed E-state index contributed by atoms with van der Waals surface area (Å²) in [5.74, 6) is -0.00291. The summed E-state index contributed by atoms with van der Waals surface area (Å²) >= 11 is 0. The molecule has 0 heterocycles. The van der Waals surface area contributed by atoms with Crippen molar-refractivity contribution in [1.82, 2.24) is 0 Å². The zero-order valence-electron chi connectivity index (χ0n) is 11.4. The number of quaternary nitrogens is 1. The van der Waals surface area contributed by atoms with E-state index in [1.807, 2.05) is 0 Å². The Kier molecular flexibility index (Phi) is 5.89. The van der Waals surface area contributed by atoms with Crippen LogP contribution in [-0.2, 0) is 4.79 Å². The van der Waals surface area contributed by atoms with Crippen LogP contribution in [0.5, 0.6) is 11.5 Å². The van der Waals surface area contributed by atoms with Crippen LogP contribution in [0.3, 0.4) is 0 Å². The predicted molar refractivity (Wildman–Crippen MR) is 70.2 cm³/mol. The highest BCUT2D eigenvalue weighted by molar-refractivity contribution is 5.83. The molecule has 104 valence electrons. The van der Waals surface area contributed by atoms with Gasteiger partial charge in [0.15, 0.2) is 11.5 Å². The molecule has 19 heavy (non-hydrogen) atoms. The van der Waals surface area contributed by atoms with Gasteiger partial charge in [-0.15, -0.1) is 0 Å². The number of methoxy groups -OCH3 is 1. The Bertz CT molecular complexity index is 455. The number of likely N-dealkylation sites (N-methyl/N-ethyl adjacent to an activating group) is 1. The van der Waals surface area contributed by atoms with Crippen molar-refractivity contribution in [1.29, 1.82) is 0 Å². The smallest absolute Gasteiger partial charge is 0.161 e. The van der Waals surface area contributed by atoms with E-state index in [0.29, 0.717) is 23.7 Å². The molecule has 0 unspecified atom stereocenters. The molecule has 0 aliphatic heterocycles. The average molecular weight is 265 g/mol. The quantitative estimate of drug-likeness (QED) is 0.641. The van der Waals surface area contributed by atoms with Gasteiger partial charge in [0, 0.05) is 0 Å². The third kappa shape index (κ3) is 5.44. The maximum atomic E-state index is 10.3. The molecule has 5 nitrogen and oxygen atoms in total. The zero-order valence-corrected chi connectivity index (χ0v) is 11.4. The lowest BCUT2D eigenvalue weighted by molar-refractivity contribution is -0.858. The Labute approximate surface area is 113 Å². The van der Waals surface area contributed by atoms with Crippen molar-refractivity contribution in [3.8, 4) is 11.5 Å². The number of carbonyl (C=O) groups excluding carboxylic acids is 1. The number of benzene rings is 1. The van der Waals surface area contributed by atoms with Gasteiger partial charge in [-0.2, -0.15) is 0 Å². The molecule has 0 aliphatic rings. The van der Waals surface area contributed by atoms with Gasteiger partial charge in [-0.3, -0.25) is 0 Å². The van der Waals surface area contributed by atoms with Gasteiger partial charge in [0.05, 0.1) is 27.2 Å². The van der Waals surface area contributed by atoms with Crippen molar-refractivity contribution >= 4 is 12.0 Å². The SMILES string of the molecule is COc1cc(/C=C/C(=O)[O-])ccc1OCC[NH+](C)C. The zero-order chi connectivity index (χ0) is 14.3. The molecule has 0 saturated carbocycles. The minimum atomic E-state index is -1.23. The fourth-order valence-corrected chi connectivity index (χ4v) is 1.44. The van der Waals surface area contributed by atoms with Gasteiger partial charge in [-0.1, -0.05) is 12.1 Å². The number of aliphatic carboxylic acids is 1. The highest BCUT2D eigenvalue weighted by Crippen LogP contribution is 2.28. The van der Waals surface area contributed by atoms with E-state index in [1.165, 1.54) is 11.0 Å². The second kappa shape index (κ2) is 7.43. The summed E-state index contributed by atoms with van der Waals surface area (Å²) in [5.41, 5.74) is 0.714. The molecule has 1 rings (SSSR count). The number of rotatable bonds is 7. The van der Waals surface area contributed by atoms with E-state index in [0.717, 1.165) is 12.6 Å². The van der Waals surface area contributed by atoms with Crippen LogP contribution < -0.4 is 19.5 Å². The van der Waals surface area contributed by atoms with Gasteiger partial charge in [0.2, 0.25) is 0 Å². The number of hydrogen-bond donors (Lipinski definition) is 1. The maximum Gasteiger partial charge on any atom is 0.161 e. The van der Waals surface area contributed by atoms with E-state index in [1.54, 1.807) is 25.3 Å². The molecule has 0 bridgehead atoms. The van der Waals surface area contributed by atoms with Crippen molar-refractivity contribution in [3.63, 3.8) is 0 Å². The van der Waals surface area contributed by atoms with Crippen LogP contribution in [-0.4, -0.2) is 40.3 Å². The largest absolute Gasteiger partial charge is 0.545 e. The van der Waals surface area contributed by atoms with Crippen LogP contribution in [0, 0.1) is 0 Å². The number of carboxylic acids is 1. The lowest BCUT2D eigenvalue weighted by Crippen LogP contribution is -3.06. The molecule has 0 aliphatic carbocycles. The first kappa shape index (κ1) is 15.0. The molecule has 0 spiro atoms. The molecule has 5 heteroatoms. The Balaban J connectivity index is 2.75. The van der Waals surface area contributed by atoms with E-state index < -0.39 is 5.97 Å². The molecule has 0 fully saturated rings. The summed E-state index contributed by atoms with van der Waals surface area (Å²) in [5, 5.41) is 10.3. The summed E-state index contributed by atoms with van der Waals surface area (Å²) < 4.78 is 10.8. The Morgan fingerprint density at radius 2 is 2.11 bits per heavy atom. The highest BCUT2D eigenvalue weighted by Gasteiger charge is 2.05. The maximum absolute atomic E-state index is 10.3. The minimum Gasteiger partial charge on any atom is -0.545 e. The molecule has 0 amide bonds. The van der Waals surface area contributed by atoms with E-state index in [-0.39, 0.29) is 0 Å².